The van der Waals surface area contributed by atoms with E-state index in [4.69, 9.17) is 0 Å². The van der Waals surface area contributed by atoms with Gasteiger partial charge in [-0.15, -0.1) is 11.8 Å². The molecule has 2 nitrogen and oxygen atoms in total. The van der Waals surface area contributed by atoms with E-state index in [9.17, 15) is 4.79 Å². The van der Waals surface area contributed by atoms with Gasteiger partial charge in [0.15, 0.2) is 0 Å². The van der Waals surface area contributed by atoms with Crippen LogP contribution in [0.1, 0.15) is 23.6 Å². The maximum Gasteiger partial charge on any atom is 0.235 e. The Bertz CT molecular complexity index is 639. The zero-order valence-electron chi connectivity index (χ0n) is 13.7. The molecule has 1 unspecified atom stereocenters. The molecule has 1 atom stereocenters. The van der Waals surface area contributed by atoms with Crippen LogP contribution in [0.5, 0.6) is 0 Å². The Morgan fingerprint density at radius 3 is 2.41 bits per heavy atom. The SMILES string of the molecule is Cc1ccc(SC(C)C(=O)N(C)Cc2ccccc2)cc1C. The zero-order valence-corrected chi connectivity index (χ0v) is 14.5. The first-order valence-corrected chi connectivity index (χ1v) is 8.38. The molecule has 22 heavy (non-hydrogen) atoms. The second-order valence-corrected chi connectivity index (χ2v) is 7.10. The molecular weight excluding hydrogens is 290 g/mol. The molecule has 0 aliphatic heterocycles. The standard InChI is InChI=1S/C19H23NOS/c1-14-10-11-18(12-15(14)2)22-16(3)19(21)20(4)13-17-8-6-5-7-9-17/h5-12,16H,13H2,1-4H3. The third kappa shape index (κ3) is 4.38. The number of carbonyl (C=O) groups is 1. The van der Waals surface area contributed by atoms with Crippen molar-refractivity contribution in [1.82, 2.24) is 4.90 Å². The molecule has 0 aromatic heterocycles. The second kappa shape index (κ2) is 7.50. The van der Waals surface area contributed by atoms with Gasteiger partial charge in [-0.3, -0.25) is 4.79 Å². The lowest BCUT2D eigenvalue weighted by atomic mass is 10.1. The highest BCUT2D eigenvalue weighted by Crippen LogP contribution is 2.26. The van der Waals surface area contributed by atoms with Crippen molar-refractivity contribution >= 4 is 17.7 Å². The molecule has 0 radical (unpaired) electrons. The molecular formula is C19H23NOS. The molecule has 0 fully saturated rings. The molecule has 3 heteroatoms. The van der Waals surface area contributed by atoms with Crippen LogP contribution in [0.15, 0.2) is 53.4 Å². The first kappa shape index (κ1) is 16.6. The fourth-order valence-electron chi connectivity index (χ4n) is 2.29. The molecule has 0 aliphatic carbocycles. The van der Waals surface area contributed by atoms with Crippen LogP contribution in [0.4, 0.5) is 0 Å². The van der Waals surface area contributed by atoms with E-state index in [0.717, 1.165) is 10.5 Å². The molecule has 0 saturated heterocycles. The van der Waals surface area contributed by atoms with Crippen LogP contribution >= 0.6 is 11.8 Å². The monoisotopic (exact) mass is 313 g/mol. The molecule has 1 amide bonds. The minimum absolute atomic E-state index is 0.0872. The lowest BCUT2D eigenvalue weighted by Crippen LogP contribution is -2.32. The van der Waals surface area contributed by atoms with E-state index < -0.39 is 0 Å². The van der Waals surface area contributed by atoms with Crippen LogP contribution < -0.4 is 0 Å². The zero-order chi connectivity index (χ0) is 16.1. The summed E-state index contributed by atoms with van der Waals surface area (Å²) in [6.45, 7) is 6.83. The highest BCUT2D eigenvalue weighted by Gasteiger charge is 2.18. The lowest BCUT2D eigenvalue weighted by Gasteiger charge is -2.21. The number of amides is 1. The average molecular weight is 313 g/mol. The summed E-state index contributed by atoms with van der Waals surface area (Å²) in [5.41, 5.74) is 3.70. The van der Waals surface area contributed by atoms with Crippen LogP contribution in [-0.2, 0) is 11.3 Å². The van der Waals surface area contributed by atoms with Crippen molar-refractivity contribution in [2.45, 2.75) is 37.5 Å². The maximum atomic E-state index is 12.5. The topological polar surface area (TPSA) is 20.3 Å². The van der Waals surface area contributed by atoms with Gasteiger partial charge in [-0.05, 0) is 49.6 Å². The fourth-order valence-corrected chi connectivity index (χ4v) is 3.37. The Morgan fingerprint density at radius 1 is 1.09 bits per heavy atom. The normalized spacial score (nSPS) is 12.0. The van der Waals surface area contributed by atoms with Gasteiger partial charge in [0.05, 0.1) is 5.25 Å². The third-order valence-corrected chi connectivity index (χ3v) is 4.86. The number of benzene rings is 2. The predicted molar refractivity (Wildman–Crippen MR) is 94.2 cm³/mol. The van der Waals surface area contributed by atoms with Crippen LogP contribution in [0.3, 0.4) is 0 Å². The average Bonchev–Trinajstić information content (AvgIpc) is 2.51. The summed E-state index contributed by atoms with van der Waals surface area (Å²) in [4.78, 5) is 15.5. The van der Waals surface area contributed by atoms with E-state index >= 15 is 0 Å². The molecule has 2 aromatic carbocycles. The Kier molecular flexibility index (Phi) is 5.67. The summed E-state index contributed by atoms with van der Waals surface area (Å²) in [6.07, 6.45) is 0. The van der Waals surface area contributed by atoms with Gasteiger partial charge in [-0.1, -0.05) is 36.4 Å². The first-order valence-electron chi connectivity index (χ1n) is 7.50. The smallest absolute Gasteiger partial charge is 0.235 e. The van der Waals surface area contributed by atoms with Crippen molar-refractivity contribution in [3.8, 4) is 0 Å². The van der Waals surface area contributed by atoms with Gasteiger partial charge in [-0.2, -0.15) is 0 Å². The largest absolute Gasteiger partial charge is 0.340 e. The lowest BCUT2D eigenvalue weighted by molar-refractivity contribution is -0.129. The summed E-state index contributed by atoms with van der Waals surface area (Å²) >= 11 is 1.62. The van der Waals surface area contributed by atoms with Crippen molar-refractivity contribution in [3.63, 3.8) is 0 Å². The Morgan fingerprint density at radius 2 is 1.77 bits per heavy atom. The summed E-state index contributed by atoms with van der Waals surface area (Å²) in [6, 6.07) is 16.4. The van der Waals surface area contributed by atoms with Gasteiger partial charge in [0.2, 0.25) is 5.91 Å². The molecule has 0 spiro atoms. The van der Waals surface area contributed by atoms with E-state index in [1.165, 1.54) is 11.1 Å². The number of nitrogens with zero attached hydrogens (tertiary/aromatic N) is 1. The van der Waals surface area contributed by atoms with Gasteiger partial charge in [-0.25, -0.2) is 0 Å². The van der Waals surface area contributed by atoms with Crippen LogP contribution in [0.2, 0.25) is 0 Å². The van der Waals surface area contributed by atoms with Crippen molar-refractivity contribution in [2.24, 2.45) is 0 Å². The highest BCUT2D eigenvalue weighted by molar-refractivity contribution is 8.00. The number of rotatable bonds is 5. The van der Waals surface area contributed by atoms with Crippen LogP contribution in [0, 0.1) is 13.8 Å². The predicted octanol–water partition coefficient (Wildman–Crippen LogP) is 4.44. The van der Waals surface area contributed by atoms with Crippen LogP contribution in [0.25, 0.3) is 0 Å². The van der Waals surface area contributed by atoms with E-state index in [-0.39, 0.29) is 11.2 Å². The van der Waals surface area contributed by atoms with E-state index in [2.05, 4.69) is 32.0 Å². The number of hydrogen-bond donors (Lipinski definition) is 0. The number of carbonyl (C=O) groups excluding carboxylic acids is 1. The molecule has 2 aromatic rings. The van der Waals surface area contributed by atoms with Crippen molar-refractivity contribution in [3.05, 3.63) is 65.2 Å². The van der Waals surface area contributed by atoms with Crippen molar-refractivity contribution in [1.29, 1.82) is 0 Å². The minimum Gasteiger partial charge on any atom is -0.340 e. The first-order chi connectivity index (χ1) is 10.5. The molecule has 116 valence electrons. The van der Waals surface area contributed by atoms with Gasteiger partial charge in [0, 0.05) is 18.5 Å². The Labute approximate surface area is 137 Å². The van der Waals surface area contributed by atoms with Crippen molar-refractivity contribution in [2.75, 3.05) is 7.05 Å². The number of thioether (sulfide) groups is 1. The molecule has 0 saturated carbocycles. The molecule has 0 aliphatic rings. The van der Waals surface area contributed by atoms with E-state index in [1.807, 2.05) is 44.3 Å². The molecule has 0 N–H and O–H groups in total. The summed E-state index contributed by atoms with van der Waals surface area (Å²) in [5, 5.41) is -0.0872. The second-order valence-electron chi connectivity index (χ2n) is 5.69. The van der Waals surface area contributed by atoms with Gasteiger partial charge < -0.3 is 4.90 Å². The Balaban J connectivity index is 1.97. The minimum atomic E-state index is -0.0872. The van der Waals surface area contributed by atoms with Crippen LogP contribution in [-0.4, -0.2) is 23.1 Å². The Hall–Kier alpha value is -1.74. The third-order valence-electron chi connectivity index (χ3n) is 3.78. The number of hydrogen-bond acceptors (Lipinski definition) is 2. The molecule has 2 rings (SSSR count). The highest BCUT2D eigenvalue weighted by atomic mass is 32.2. The summed E-state index contributed by atoms with van der Waals surface area (Å²) in [7, 11) is 1.87. The molecule has 0 heterocycles. The van der Waals surface area contributed by atoms with Crippen molar-refractivity contribution < 1.29 is 4.79 Å². The van der Waals surface area contributed by atoms with Gasteiger partial charge in [0.1, 0.15) is 0 Å². The molecule has 0 bridgehead atoms. The fraction of sp³-hybridized carbons (Fsp3) is 0.316. The van der Waals surface area contributed by atoms with Gasteiger partial charge >= 0.3 is 0 Å². The summed E-state index contributed by atoms with van der Waals surface area (Å²) in [5.74, 6) is 0.159. The number of aryl methyl sites for hydroxylation is 2. The van der Waals surface area contributed by atoms with E-state index in [0.29, 0.717) is 6.54 Å². The maximum absolute atomic E-state index is 12.5. The quantitative estimate of drug-likeness (QED) is 0.760. The van der Waals surface area contributed by atoms with Gasteiger partial charge in [0.25, 0.3) is 0 Å². The van der Waals surface area contributed by atoms with E-state index in [1.54, 1.807) is 16.7 Å². The summed E-state index contributed by atoms with van der Waals surface area (Å²) < 4.78 is 0.